The van der Waals surface area contributed by atoms with Crippen molar-refractivity contribution in [2.75, 3.05) is 0 Å². The van der Waals surface area contributed by atoms with E-state index < -0.39 is 0 Å². The van der Waals surface area contributed by atoms with Crippen molar-refractivity contribution < 1.29 is 5.11 Å². The van der Waals surface area contributed by atoms with E-state index in [0.717, 1.165) is 12.0 Å². The number of phenols is 1. The molecule has 16 heavy (non-hydrogen) atoms. The summed E-state index contributed by atoms with van der Waals surface area (Å²) in [5.41, 5.74) is 3.28. The van der Waals surface area contributed by atoms with E-state index in [2.05, 4.69) is 5.92 Å². The average molecular weight is 208 g/mol. The third kappa shape index (κ3) is 2.43. The second-order valence-corrected chi connectivity index (χ2v) is 3.68. The maximum absolute atomic E-state index is 9.17. The molecule has 0 heterocycles. The van der Waals surface area contributed by atoms with Crippen molar-refractivity contribution >= 4 is 0 Å². The van der Waals surface area contributed by atoms with Gasteiger partial charge in [0.15, 0.2) is 0 Å². The average Bonchev–Trinajstić information content (AvgIpc) is 2.33. The lowest BCUT2D eigenvalue weighted by atomic mass is 10.0. The predicted molar refractivity (Wildman–Crippen MR) is 65.3 cm³/mol. The van der Waals surface area contributed by atoms with E-state index in [9.17, 15) is 0 Å². The first-order valence-corrected chi connectivity index (χ1v) is 5.11. The van der Waals surface area contributed by atoms with Crippen LogP contribution >= 0.6 is 0 Å². The summed E-state index contributed by atoms with van der Waals surface area (Å²) >= 11 is 0. The van der Waals surface area contributed by atoms with Gasteiger partial charge in [-0.15, -0.1) is 6.42 Å². The molecule has 0 fully saturated rings. The molecule has 2 aromatic rings. The molecule has 1 nitrogen and oxygen atoms in total. The van der Waals surface area contributed by atoms with Crippen molar-refractivity contribution in [1.29, 1.82) is 0 Å². The number of phenolic OH excluding ortho intramolecular Hbond substituents is 1. The van der Waals surface area contributed by atoms with Crippen molar-refractivity contribution in [3.63, 3.8) is 0 Å². The molecule has 0 unspecified atom stereocenters. The van der Waals surface area contributed by atoms with E-state index in [1.807, 2.05) is 36.4 Å². The molecule has 0 radical (unpaired) electrons. The number of aromatic hydroxyl groups is 1. The molecule has 2 rings (SSSR count). The largest absolute Gasteiger partial charge is 0.508 e. The Morgan fingerprint density at radius 3 is 1.88 bits per heavy atom. The summed E-state index contributed by atoms with van der Waals surface area (Å²) in [6.45, 7) is 0. The fourth-order valence-corrected chi connectivity index (χ4v) is 1.57. The van der Waals surface area contributed by atoms with Gasteiger partial charge in [0.25, 0.3) is 0 Å². The number of rotatable bonds is 2. The molecular weight excluding hydrogens is 196 g/mol. The van der Waals surface area contributed by atoms with Crippen LogP contribution in [0.1, 0.15) is 16.7 Å². The summed E-state index contributed by atoms with van der Waals surface area (Å²) in [7, 11) is 0. The van der Waals surface area contributed by atoms with E-state index in [0.29, 0.717) is 5.75 Å². The Bertz CT molecular complexity index is 501. The van der Waals surface area contributed by atoms with Crippen LogP contribution in [0.4, 0.5) is 0 Å². The number of hydrogen-bond acceptors (Lipinski definition) is 1. The highest BCUT2D eigenvalue weighted by atomic mass is 16.3. The molecule has 0 aliphatic heterocycles. The molecule has 0 bridgehead atoms. The van der Waals surface area contributed by atoms with Crippen molar-refractivity contribution in [3.05, 3.63) is 65.2 Å². The monoisotopic (exact) mass is 208 g/mol. The number of terminal acetylenes is 1. The van der Waals surface area contributed by atoms with Crippen LogP contribution < -0.4 is 0 Å². The van der Waals surface area contributed by atoms with Gasteiger partial charge in [-0.1, -0.05) is 30.2 Å². The standard InChI is InChI=1S/C15H12O/c1-2-12-3-5-13(6-4-12)11-14-7-9-15(16)10-8-14/h1,3-10,16H,11H2. The van der Waals surface area contributed by atoms with Crippen molar-refractivity contribution in [3.8, 4) is 18.1 Å². The van der Waals surface area contributed by atoms with Crippen LogP contribution in [0.15, 0.2) is 48.5 Å². The van der Waals surface area contributed by atoms with Gasteiger partial charge in [0, 0.05) is 5.56 Å². The van der Waals surface area contributed by atoms with Crippen LogP contribution in [0.5, 0.6) is 5.75 Å². The predicted octanol–water partition coefficient (Wildman–Crippen LogP) is 2.96. The summed E-state index contributed by atoms with van der Waals surface area (Å²) < 4.78 is 0. The maximum atomic E-state index is 9.17. The van der Waals surface area contributed by atoms with Crippen LogP contribution in [-0.4, -0.2) is 5.11 Å². The lowest BCUT2D eigenvalue weighted by Crippen LogP contribution is -1.87. The zero-order valence-electron chi connectivity index (χ0n) is 8.85. The third-order valence-corrected chi connectivity index (χ3v) is 2.47. The molecule has 0 spiro atoms. The van der Waals surface area contributed by atoms with Crippen LogP contribution in [0, 0.1) is 12.3 Å². The third-order valence-electron chi connectivity index (χ3n) is 2.47. The molecule has 0 saturated heterocycles. The van der Waals surface area contributed by atoms with Crippen molar-refractivity contribution in [1.82, 2.24) is 0 Å². The lowest BCUT2D eigenvalue weighted by molar-refractivity contribution is 0.475. The van der Waals surface area contributed by atoms with Gasteiger partial charge in [-0.25, -0.2) is 0 Å². The Morgan fingerprint density at radius 2 is 1.38 bits per heavy atom. The minimum atomic E-state index is 0.298. The van der Waals surface area contributed by atoms with E-state index >= 15 is 0 Å². The van der Waals surface area contributed by atoms with Gasteiger partial charge < -0.3 is 5.11 Å². The maximum Gasteiger partial charge on any atom is 0.115 e. The van der Waals surface area contributed by atoms with E-state index in [1.165, 1.54) is 11.1 Å². The number of hydrogen-bond donors (Lipinski definition) is 1. The second kappa shape index (κ2) is 4.55. The first kappa shape index (κ1) is 10.3. The Balaban J connectivity index is 2.15. The Hall–Kier alpha value is -2.20. The molecule has 0 aromatic heterocycles. The minimum Gasteiger partial charge on any atom is -0.508 e. The normalized spacial score (nSPS) is 9.69. The topological polar surface area (TPSA) is 20.2 Å². The molecule has 2 aromatic carbocycles. The summed E-state index contributed by atoms with van der Waals surface area (Å²) in [5, 5.41) is 9.17. The highest BCUT2D eigenvalue weighted by molar-refractivity contribution is 5.36. The summed E-state index contributed by atoms with van der Waals surface area (Å²) in [5.74, 6) is 2.89. The Labute approximate surface area is 95.4 Å². The highest BCUT2D eigenvalue weighted by Gasteiger charge is 1.96. The zero-order chi connectivity index (χ0) is 11.4. The molecule has 78 valence electrons. The zero-order valence-corrected chi connectivity index (χ0v) is 8.85. The molecule has 0 aliphatic carbocycles. The minimum absolute atomic E-state index is 0.298. The second-order valence-electron chi connectivity index (χ2n) is 3.68. The highest BCUT2D eigenvalue weighted by Crippen LogP contribution is 2.14. The van der Waals surface area contributed by atoms with Gasteiger partial charge >= 0.3 is 0 Å². The van der Waals surface area contributed by atoms with Gasteiger partial charge in [0.2, 0.25) is 0 Å². The van der Waals surface area contributed by atoms with Crippen LogP contribution in [0.3, 0.4) is 0 Å². The van der Waals surface area contributed by atoms with Gasteiger partial charge in [-0.2, -0.15) is 0 Å². The van der Waals surface area contributed by atoms with Gasteiger partial charge in [-0.05, 0) is 41.8 Å². The summed E-state index contributed by atoms with van der Waals surface area (Å²) in [6.07, 6.45) is 6.14. The van der Waals surface area contributed by atoms with Crippen LogP contribution in [0.2, 0.25) is 0 Å². The molecule has 1 N–H and O–H groups in total. The van der Waals surface area contributed by atoms with E-state index in [4.69, 9.17) is 11.5 Å². The van der Waals surface area contributed by atoms with E-state index in [1.54, 1.807) is 12.1 Å². The first-order valence-electron chi connectivity index (χ1n) is 5.11. The SMILES string of the molecule is C#Cc1ccc(Cc2ccc(O)cc2)cc1. The first-order chi connectivity index (χ1) is 7.78. The van der Waals surface area contributed by atoms with Gasteiger partial charge in [0.1, 0.15) is 5.75 Å². The fraction of sp³-hybridized carbons (Fsp3) is 0.0667. The van der Waals surface area contributed by atoms with Crippen molar-refractivity contribution in [2.24, 2.45) is 0 Å². The molecule has 0 aliphatic rings. The fourth-order valence-electron chi connectivity index (χ4n) is 1.57. The Morgan fingerprint density at radius 1 is 0.875 bits per heavy atom. The molecule has 0 atom stereocenters. The summed E-state index contributed by atoms with van der Waals surface area (Å²) in [4.78, 5) is 0. The van der Waals surface area contributed by atoms with Crippen LogP contribution in [-0.2, 0) is 6.42 Å². The molecule has 0 amide bonds. The lowest BCUT2D eigenvalue weighted by Gasteiger charge is -2.02. The number of benzene rings is 2. The molecule has 1 heteroatoms. The molecule has 0 saturated carbocycles. The van der Waals surface area contributed by atoms with Crippen LogP contribution in [0.25, 0.3) is 0 Å². The Kier molecular flexibility index (Phi) is 2.93. The van der Waals surface area contributed by atoms with E-state index in [-0.39, 0.29) is 0 Å². The smallest absolute Gasteiger partial charge is 0.115 e. The van der Waals surface area contributed by atoms with Gasteiger partial charge in [-0.3, -0.25) is 0 Å². The van der Waals surface area contributed by atoms with Crippen molar-refractivity contribution in [2.45, 2.75) is 6.42 Å². The summed E-state index contributed by atoms with van der Waals surface area (Å²) in [6, 6.07) is 15.2. The molecular formula is C15H12O. The van der Waals surface area contributed by atoms with Gasteiger partial charge in [0.05, 0.1) is 0 Å². The quantitative estimate of drug-likeness (QED) is 0.752.